The average Bonchev–Trinajstić information content (AvgIpc) is 3.22. The first-order chi connectivity index (χ1) is 11.7. The van der Waals surface area contributed by atoms with E-state index in [-0.39, 0.29) is 11.8 Å². The molecule has 2 amide bonds. The summed E-state index contributed by atoms with van der Waals surface area (Å²) in [5, 5.41) is 2.73. The van der Waals surface area contributed by atoms with E-state index in [2.05, 4.69) is 4.98 Å². The van der Waals surface area contributed by atoms with E-state index in [1.807, 2.05) is 15.2 Å². The number of thiazole rings is 1. The standard InChI is InChI=1S/C18H25N3O2S/c22-17(7-6-16-19-8-13-24-16)20-9-3-10-21(12-11-20)18(23)14-15-4-1-2-5-15/h6-8,13,15H,1-5,9-12,14H2/b7-6+. The molecule has 1 saturated heterocycles. The summed E-state index contributed by atoms with van der Waals surface area (Å²) >= 11 is 1.51. The highest BCUT2D eigenvalue weighted by molar-refractivity contribution is 7.10. The summed E-state index contributed by atoms with van der Waals surface area (Å²) < 4.78 is 0. The SMILES string of the molecule is O=C(/C=C/c1nccs1)N1CCCN(C(=O)CC2CCCC2)CC1. The van der Waals surface area contributed by atoms with E-state index >= 15 is 0 Å². The van der Waals surface area contributed by atoms with Crippen molar-refractivity contribution in [2.24, 2.45) is 5.92 Å². The smallest absolute Gasteiger partial charge is 0.246 e. The highest BCUT2D eigenvalue weighted by Crippen LogP contribution is 2.28. The molecule has 0 N–H and O–H groups in total. The molecular weight excluding hydrogens is 322 g/mol. The van der Waals surface area contributed by atoms with E-state index < -0.39 is 0 Å². The maximum atomic E-state index is 12.5. The van der Waals surface area contributed by atoms with Crippen LogP contribution in [0.2, 0.25) is 0 Å². The van der Waals surface area contributed by atoms with Crippen molar-refractivity contribution in [3.05, 3.63) is 22.7 Å². The first kappa shape index (κ1) is 17.1. The molecule has 5 nitrogen and oxygen atoms in total. The molecule has 1 aliphatic carbocycles. The lowest BCUT2D eigenvalue weighted by atomic mass is 10.0. The van der Waals surface area contributed by atoms with Gasteiger partial charge < -0.3 is 9.80 Å². The van der Waals surface area contributed by atoms with Crippen LogP contribution in [0, 0.1) is 5.92 Å². The molecule has 130 valence electrons. The summed E-state index contributed by atoms with van der Waals surface area (Å²) in [5.74, 6) is 0.865. The van der Waals surface area contributed by atoms with Crippen LogP contribution in [0.25, 0.3) is 6.08 Å². The number of carbonyl (C=O) groups excluding carboxylic acids is 2. The average molecular weight is 347 g/mol. The Labute approximate surface area is 147 Å². The third-order valence-electron chi connectivity index (χ3n) is 4.92. The van der Waals surface area contributed by atoms with E-state index in [1.54, 1.807) is 18.3 Å². The van der Waals surface area contributed by atoms with Gasteiger partial charge in [0.25, 0.3) is 0 Å². The van der Waals surface area contributed by atoms with Gasteiger partial charge in [-0.1, -0.05) is 12.8 Å². The number of hydrogen-bond acceptors (Lipinski definition) is 4. The predicted molar refractivity (Wildman–Crippen MR) is 95.5 cm³/mol. The minimum Gasteiger partial charge on any atom is -0.341 e. The van der Waals surface area contributed by atoms with Gasteiger partial charge in [0, 0.05) is 50.3 Å². The number of carbonyl (C=O) groups is 2. The van der Waals surface area contributed by atoms with E-state index in [0.717, 1.165) is 18.0 Å². The van der Waals surface area contributed by atoms with Crippen molar-refractivity contribution in [3.8, 4) is 0 Å². The molecule has 1 aromatic rings. The summed E-state index contributed by atoms with van der Waals surface area (Å²) in [6, 6.07) is 0. The zero-order valence-corrected chi connectivity index (χ0v) is 14.8. The van der Waals surface area contributed by atoms with Gasteiger partial charge in [-0.3, -0.25) is 9.59 Å². The minimum atomic E-state index is 0.00953. The predicted octanol–water partition coefficient (Wildman–Crippen LogP) is 2.80. The molecule has 2 heterocycles. The Kier molecular flexibility index (Phi) is 6.01. The van der Waals surface area contributed by atoms with Gasteiger partial charge in [0.2, 0.25) is 11.8 Å². The maximum absolute atomic E-state index is 12.5. The van der Waals surface area contributed by atoms with Crippen LogP contribution in [0.5, 0.6) is 0 Å². The molecule has 0 unspecified atom stereocenters. The van der Waals surface area contributed by atoms with E-state index in [9.17, 15) is 9.59 Å². The lowest BCUT2D eigenvalue weighted by Gasteiger charge is -2.22. The van der Waals surface area contributed by atoms with Gasteiger partial charge in [0.05, 0.1) is 0 Å². The Morgan fingerprint density at radius 3 is 2.62 bits per heavy atom. The Hall–Kier alpha value is -1.69. The third kappa shape index (κ3) is 4.66. The number of amides is 2. The molecule has 2 aliphatic rings. The number of aromatic nitrogens is 1. The number of nitrogens with zero attached hydrogens (tertiary/aromatic N) is 3. The molecule has 1 saturated carbocycles. The Bertz CT molecular complexity index is 579. The monoisotopic (exact) mass is 347 g/mol. The van der Waals surface area contributed by atoms with Gasteiger partial charge in [-0.05, 0) is 31.3 Å². The van der Waals surface area contributed by atoms with Crippen LogP contribution in [-0.2, 0) is 9.59 Å². The first-order valence-corrected chi connectivity index (χ1v) is 9.74. The summed E-state index contributed by atoms with van der Waals surface area (Å²) in [6.45, 7) is 2.76. The molecule has 0 bridgehead atoms. The maximum Gasteiger partial charge on any atom is 0.246 e. The normalized spacial score (nSPS) is 19.8. The molecule has 2 fully saturated rings. The molecule has 0 atom stereocenters. The third-order valence-corrected chi connectivity index (χ3v) is 5.66. The molecule has 3 rings (SSSR count). The van der Waals surface area contributed by atoms with Crippen molar-refractivity contribution in [2.45, 2.75) is 38.5 Å². The van der Waals surface area contributed by atoms with Crippen molar-refractivity contribution in [1.29, 1.82) is 0 Å². The van der Waals surface area contributed by atoms with Gasteiger partial charge in [0.1, 0.15) is 5.01 Å². The first-order valence-electron chi connectivity index (χ1n) is 8.86. The van der Waals surface area contributed by atoms with Crippen molar-refractivity contribution >= 4 is 29.2 Å². The Balaban J connectivity index is 1.48. The highest BCUT2D eigenvalue weighted by Gasteiger charge is 2.24. The van der Waals surface area contributed by atoms with Gasteiger partial charge in [-0.25, -0.2) is 4.98 Å². The topological polar surface area (TPSA) is 53.5 Å². The molecule has 0 radical (unpaired) electrons. The minimum absolute atomic E-state index is 0.00953. The van der Waals surface area contributed by atoms with Crippen LogP contribution in [0.4, 0.5) is 0 Å². The summed E-state index contributed by atoms with van der Waals surface area (Å²) in [7, 11) is 0. The second-order valence-corrected chi connectivity index (χ2v) is 7.54. The molecule has 24 heavy (non-hydrogen) atoms. The van der Waals surface area contributed by atoms with Crippen molar-refractivity contribution in [2.75, 3.05) is 26.2 Å². The Morgan fingerprint density at radius 2 is 1.88 bits per heavy atom. The van der Waals surface area contributed by atoms with Gasteiger partial charge >= 0.3 is 0 Å². The molecular formula is C18H25N3O2S. The second-order valence-electron chi connectivity index (χ2n) is 6.62. The largest absolute Gasteiger partial charge is 0.341 e. The highest BCUT2D eigenvalue weighted by atomic mass is 32.1. The zero-order valence-electron chi connectivity index (χ0n) is 14.0. The van der Waals surface area contributed by atoms with Gasteiger partial charge in [-0.15, -0.1) is 11.3 Å². The van der Waals surface area contributed by atoms with E-state index in [1.165, 1.54) is 37.0 Å². The van der Waals surface area contributed by atoms with E-state index in [0.29, 0.717) is 32.0 Å². The van der Waals surface area contributed by atoms with Crippen molar-refractivity contribution < 1.29 is 9.59 Å². The molecule has 0 aromatic carbocycles. The van der Waals surface area contributed by atoms with Gasteiger partial charge in [0.15, 0.2) is 0 Å². The molecule has 0 spiro atoms. The molecule has 1 aromatic heterocycles. The quantitative estimate of drug-likeness (QED) is 0.787. The van der Waals surface area contributed by atoms with Crippen LogP contribution < -0.4 is 0 Å². The summed E-state index contributed by atoms with van der Waals surface area (Å²) in [4.78, 5) is 32.7. The van der Waals surface area contributed by atoms with Crippen molar-refractivity contribution in [1.82, 2.24) is 14.8 Å². The molecule has 1 aliphatic heterocycles. The fourth-order valence-corrected chi connectivity index (χ4v) is 4.07. The van der Waals surface area contributed by atoms with E-state index in [4.69, 9.17) is 0 Å². The lowest BCUT2D eigenvalue weighted by Crippen LogP contribution is -2.37. The summed E-state index contributed by atoms with van der Waals surface area (Å²) in [5.41, 5.74) is 0. The number of hydrogen-bond donors (Lipinski definition) is 0. The van der Waals surface area contributed by atoms with Crippen molar-refractivity contribution in [3.63, 3.8) is 0 Å². The van der Waals surface area contributed by atoms with Gasteiger partial charge in [-0.2, -0.15) is 0 Å². The summed E-state index contributed by atoms with van der Waals surface area (Å²) in [6.07, 6.45) is 11.6. The fourth-order valence-electron chi connectivity index (χ4n) is 3.54. The van der Waals surface area contributed by atoms with Crippen LogP contribution in [0.15, 0.2) is 17.7 Å². The van der Waals surface area contributed by atoms with Crippen LogP contribution in [0.3, 0.4) is 0 Å². The van der Waals surface area contributed by atoms with Crippen LogP contribution in [-0.4, -0.2) is 52.8 Å². The number of rotatable bonds is 4. The second kappa shape index (κ2) is 8.42. The fraction of sp³-hybridized carbons (Fsp3) is 0.611. The van der Waals surface area contributed by atoms with Crippen LogP contribution >= 0.6 is 11.3 Å². The molecule has 6 heteroatoms. The van der Waals surface area contributed by atoms with Crippen LogP contribution in [0.1, 0.15) is 43.5 Å². The Morgan fingerprint density at radius 1 is 1.12 bits per heavy atom. The lowest BCUT2D eigenvalue weighted by molar-refractivity contribution is -0.132. The zero-order chi connectivity index (χ0) is 16.8.